The van der Waals surface area contributed by atoms with Crippen LogP contribution in [0.4, 0.5) is 41.6 Å². The molecule has 1 atom stereocenters. The summed E-state index contributed by atoms with van der Waals surface area (Å²) in [5.74, 6) is -2.28. The minimum absolute atomic E-state index is 0.00327. The minimum Gasteiger partial charge on any atom is -0.464 e. The number of carbonyl (C=O) groups is 2. The Morgan fingerprint density at radius 1 is 1.09 bits per heavy atom. The van der Waals surface area contributed by atoms with E-state index in [1.807, 2.05) is 0 Å². The Morgan fingerprint density at radius 2 is 1.73 bits per heavy atom. The van der Waals surface area contributed by atoms with Gasteiger partial charge in [-0.25, -0.2) is 9.59 Å². The SMILES string of the molecule is C=CCC[C@@](OCc1ccccc1)(c1nnc(-c2[nH]c(=O)c(C(F)(F)F)cc2N(C(=O)O)C(=O)OC(C)(C)C)o1)C(F)(F)F. The first-order chi connectivity index (χ1) is 20.3. The smallest absolute Gasteiger partial charge is 0.426 e. The maximum absolute atomic E-state index is 14.7. The summed E-state index contributed by atoms with van der Waals surface area (Å²) in [6, 6.07) is 7.72. The second-order valence-corrected chi connectivity index (χ2v) is 10.2. The van der Waals surface area contributed by atoms with Crippen molar-refractivity contribution < 1.29 is 54.9 Å². The highest BCUT2D eigenvalue weighted by atomic mass is 19.4. The van der Waals surface area contributed by atoms with Gasteiger partial charge in [0.25, 0.3) is 17.3 Å². The molecule has 3 rings (SSSR count). The number of alkyl halides is 6. The summed E-state index contributed by atoms with van der Waals surface area (Å²) in [4.78, 5) is 38.7. The molecule has 0 saturated heterocycles. The lowest BCUT2D eigenvalue weighted by atomic mass is 9.96. The van der Waals surface area contributed by atoms with Crippen LogP contribution in [0.2, 0.25) is 0 Å². The highest BCUT2D eigenvalue weighted by Gasteiger charge is 2.61. The Labute approximate surface area is 245 Å². The van der Waals surface area contributed by atoms with Crippen LogP contribution in [0.5, 0.6) is 0 Å². The van der Waals surface area contributed by atoms with Crippen LogP contribution < -0.4 is 10.5 Å². The van der Waals surface area contributed by atoms with Crippen molar-refractivity contribution in [1.29, 1.82) is 0 Å². The zero-order valence-electron chi connectivity index (χ0n) is 23.4. The van der Waals surface area contributed by atoms with E-state index in [9.17, 15) is 45.8 Å². The molecule has 2 aromatic heterocycles. The minimum atomic E-state index is -5.35. The zero-order chi connectivity index (χ0) is 33.1. The van der Waals surface area contributed by atoms with Gasteiger partial charge in [0.05, 0.1) is 12.3 Å². The maximum atomic E-state index is 14.7. The number of imide groups is 1. The van der Waals surface area contributed by atoms with Crippen molar-refractivity contribution in [1.82, 2.24) is 15.2 Å². The molecule has 0 radical (unpaired) electrons. The van der Waals surface area contributed by atoms with Gasteiger partial charge in [-0.15, -0.1) is 16.8 Å². The Morgan fingerprint density at radius 3 is 2.25 bits per heavy atom. The fraction of sp³-hybridized carbons (Fsp3) is 0.370. The standard InChI is InChI=1S/C27H26F6N4O7/c1-5-6-12-25(27(31,32)33,42-14-15-10-8-7-9-11-15)21-36-35-20(43-21)18-17(13-16(19(38)34-18)26(28,29)30)37(22(39)40)23(41)44-24(2,3)4/h5,7-11,13H,1,6,12,14H2,2-4H3,(H,34,38)(H,39,40)/t25-/m1/s1. The van der Waals surface area contributed by atoms with Crippen LogP contribution in [-0.2, 0) is 27.9 Å². The van der Waals surface area contributed by atoms with Crippen molar-refractivity contribution in [3.05, 3.63) is 76.4 Å². The van der Waals surface area contributed by atoms with Gasteiger partial charge < -0.3 is 24.0 Å². The number of halogens is 6. The van der Waals surface area contributed by atoms with Gasteiger partial charge in [-0.3, -0.25) is 4.79 Å². The summed E-state index contributed by atoms with van der Waals surface area (Å²) in [5.41, 5.74) is -10.3. The largest absolute Gasteiger partial charge is 0.464 e. The molecule has 0 aliphatic carbocycles. The van der Waals surface area contributed by atoms with E-state index in [2.05, 4.69) is 16.8 Å². The molecule has 0 spiro atoms. The highest BCUT2D eigenvalue weighted by molar-refractivity contribution is 6.10. The van der Waals surface area contributed by atoms with E-state index in [0.29, 0.717) is 5.56 Å². The number of H-pyrrole nitrogens is 1. The van der Waals surface area contributed by atoms with Crippen molar-refractivity contribution in [3.63, 3.8) is 0 Å². The van der Waals surface area contributed by atoms with Gasteiger partial charge in [0, 0.05) is 0 Å². The molecule has 2 N–H and O–H groups in total. The summed E-state index contributed by atoms with van der Waals surface area (Å²) >= 11 is 0. The zero-order valence-corrected chi connectivity index (χ0v) is 23.4. The van der Waals surface area contributed by atoms with Crippen molar-refractivity contribution in [2.24, 2.45) is 0 Å². The second-order valence-electron chi connectivity index (χ2n) is 10.2. The summed E-state index contributed by atoms with van der Waals surface area (Å²) in [7, 11) is 0. The lowest BCUT2D eigenvalue weighted by molar-refractivity contribution is -0.299. The third-order valence-corrected chi connectivity index (χ3v) is 5.80. The van der Waals surface area contributed by atoms with Gasteiger partial charge in [0.15, 0.2) is 0 Å². The number of anilines is 1. The fourth-order valence-corrected chi connectivity index (χ4v) is 3.82. The number of carboxylic acid groups (broad SMARTS) is 1. The first-order valence-electron chi connectivity index (χ1n) is 12.6. The normalized spacial score (nSPS) is 13.7. The van der Waals surface area contributed by atoms with Crippen LogP contribution >= 0.6 is 0 Å². The average Bonchev–Trinajstić information content (AvgIpc) is 3.38. The summed E-state index contributed by atoms with van der Waals surface area (Å²) < 4.78 is 101. The van der Waals surface area contributed by atoms with Gasteiger partial charge in [-0.05, 0) is 45.2 Å². The lowest BCUT2D eigenvalue weighted by Gasteiger charge is -2.32. The molecule has 17 heteroatoms. The number of benzene rings is 1. The molecule has 238 valence electrons. The average molecular weight is 633 g/mol. The number of aromatic nitrogens is 3. The van der Waals surface area contributed by atoms with E-state index in [1.54, 1.807) is 23.2 Å². The number of aromatic amines is 1. The molecule has 44 heavy (non-hydrogen) atoms. The van der Waals surface area contributed by atoms with Gasteiger partial charge in [0.2, 0.25) is 5.60 Å². The third kappa shape index (κ3) is 7.45. The third-order valence-electron chi connectivity index (χ3n) is 5.80. The molecule has 1 aromatic carbocycles. The van der Waals surface area contributed by atoms with Crippen LogP contribution in [0.25, 0.3) is 11.6 Å². The van der Waals surface area contributed by atoms with Gasteiger partial charge in [0.1, 0.15) is 16.9 Å². The van der Waals surface area contributed by atoms with Crippen LogP contribution in [-0.4, -0.2) is 44.3 Å². The quantitative estimate of drug-likeness (QED) is 0.192. The van der Waals surface area contributed by atoms with E-state index in [1.165, 1.54) is 39.0 Å². The van der Waals surface area contributed by atoms with Crippen LogP contribution in [0.3, 0.4) is 0 Å². The van der Waals surface area contributed by atoms with E-state index in [-0.39, 0.29) is 17.4 Å². The van der Waals surface area contributed by atoms with E-state index in [0.717, 1.165) is 0 Å². The number of hydrogen-bond donors (Lipinski definition) is 2. The van der Waals surface area contributed by atoms with Crippen molar-refractivity contribution in [2.45, 2.75) is 63.8 Å². The first-order valence-corrected chi connectivity index (χ1v) is 12.6. The molecule has 11 nitrogen and oxygen atoms in total. The molecule has 0 bridgehead atoms. The van der Waals surface area contributed by atoms with Crippen LogP contribution in [0.1, 0.15) is 50.6 Å². The van der Waals surface area contributed by atoms with E-state index < -0.39 is 83.1 Å². The summed E-state index contributed by atoms with van der Waals surface area (Å²) in [5, 5.41) is 16.6. The predicted molar refractivity (Wildman–Crippen MR) is 140 cm³/mol. The number of nitrogens with one attached hydrogen (secondary N) is 1. The molecule has 0 unspecified atom stereocenters. The Hall–Kier alpha value is -4.67. The monoisotopic (exact) mass is 632 g/mol. The van der Waals surface area contributed by atoms with Crippen molar-refractivity contribution in [3.8, 4) is 11.6 Å². The van der Waals surface area contributed by atoms with Crippen molar-refractivity contribution in [2.75, 3.05) is 4.90 Å². The molecule has 0 aliphatic heterocycles. The molecule has 0 aliphatic rings. The number of nitrogens with zero attached hydrogens (tertiary/aromatic N) is 3. The molecule has 2 heterocycles. The van der Waals surface area contributed by atoms with Crippen LogP contribution in [0.15, 0.2) is 58.3 Å². The number of rotatable bonds is 9. The molecular formula is C27H26F6N4O7. The Bertz CT molecular complexity index is 1560. The van der Waals surface area contributed by atoms with Crippen LogP contribution in [0, 0.1) is 0 Å². The topological polar surface area (TPSA) is 148 Å². The lowest BCUT2D eigenvalue weighted by Crippen LogP contribution is -2.45. The molecule has 0 saturated carbocycles. The first kappa shape index (κ1) is 33.8. The molecule has 3 aromatic rings. The van der Waals surface area contributed by atoms with Gasteiger partial charge in [-0.2, -0.15) is 31.2 Å². The van der Waals surface area contributed by atoms with Crippen molar-refractivity contribution >= 4 is 17.9 Å². The highest BCUT2D eigenvalue weighted by Crippen LogP contribution is 2.47. The fourth-order valence-electron chi connectivity index (χ4n) is 3.82. The number of hydrogen-bond acceptors (Lipinski definition) is 8. The number of ether oxygens (including phenoxy) is 2. The van der Waals surface area contributed by atoms with Gasteiger partial charge in [-0.1, -0.05) is 36.4 Å². The molecular weight excluding hydrogens is 606 g/mol. The summed E-state index contributed by atoms with van der Waals surface area (Å²) in [6.45, 7) is 6.82. The number of amides is 2. The number of allylic oxidation sites excluding steroid dienone is 1. The predicted octanol–water partition coefficient (Wildman–Crippen LogP) is 6.80. The van der Waals surface area contributed by atoms with Gasteiger partial charge >= 0.3 is 24.5 Å². The Kier molecular flexibility index (Phi) is 9.62. The Balaban J connectivity index is 2.26. The number of carbonyl (C=O) groups excluding carboxylic acids is 1. The van der Waals surface area contributed by atoms with E-state index in [4.69, 9.17) is 13.9 Å². The molecule has 2 amide bonds. The second kappa shape index (κ2) is 12.5. The van der Waals surface area contributed by atoms with E-state index >= 15 is 0 Å². The summed E-state index contributed by atoms with van der Waals surface area (Å²) in [6.07, 6.45) is -14.4. The molecule has 0 fully saturated rings. The maximum Gasteiger partial charge on any atom is 0.426 e. The number of pyridine rings is 1.